The van der Waals surface area contributed by atoms with Crippen molar-refractivity contribution in [3.63, 3.8) is 0 Å². The van der Waals surface area contributed by atoms with E-state index in [-0.39, 0.29) is 5.91 Å². The van der Waals surface area contributed by atoms with Crippen molar-refractivity contribution in [2.24, 2.45) is 0 Å². The number of ether oxygens (including phenoxy) is 1. The van der Waals surface area contributed by atoms with Gasteiger partial charge in [-0.1, -0.05) is 54.0 Å². The number of carbonyl (C=O) groups is 1. The topological polar surface area (TPSA) is 42.4 Å². The molecule has 1 aliphatic heterocycles. The molecule has 0 aliphatic carbocycles. The van der Waals surface area contributed by atoms with Crippen LogP contribution in [0.4, 0.5) is 0 Å². The Morgan fingerprint density at radius 1 is 1.03 bits per heavy atom. The summed E-state index contributed by atoms with van der Waals surface area (Å²) in [5.41, 5.74) is 4.78. The predicted octanol–water partition coefficient (Wildman–Crippen LogP) is 5.18. The van der Waals surface area contributed by atoms with Gasteiger partial charge in [0.15, 0.2) is 0 Å². The number of aromatic nitrogens is 1. The van der Waals surface area contributed by atoms with Crippen LogP contribution in [0.1, 0.15) is 40.2 Å². The van der Waals surface area contributed by atoms with Gasteiger partial charge in [0.1, 0.15) is 18.1 Å². The van der Waals surface area contributed by atoms with E-state index in [2.05, 4.69) is 16.8 Å². The molecule has 0 spiro atoms. The fraction of sp³-hybridized carbons (Fsp3) is 0.214. The number of nitrogens with zero attached hydrogens (tertiary/aromatic N) is 2. The maximum atomic E-state index is 13.0. The molecule has 3 aromatic rings. The van der Waals surface area contributed by atoms with Gasteiger partial charge in [-0.15, -0.1) is 0 Å². The molecule has 4 nitrogen and oxygen atoms in total. The molecule has 0 N–H and O–H groups in total. The average molecular weight is 423 g/mol. The summed E-state index contributed by atoms with van der Waals surface area (Å²) in [4.78, 5) is 19.3. The molecule has 0 radical (unpaired) electrons. The van der Waals surface area contributed by atoms with Crippen molar-refractivity contribution < 1.29 is 9.53 Å². The number of aryl methyl sites for hydroxylation is 1. The van der Waals surface area contributed by atoms with E-state index in [1.54, 1.807) is 0 Å². The third-order valence-corrected chi connectivity index (χ3v) is 5.39. The molecule has 1 aromatic heterocycles. The lowest BCUT2D eigenvalue weighted by Crippen LogP contribution is -2.36. The van der Waals surface area contributed by atoms with Crippen molar-refractivity contribution >= 4 is 5.91 Å². The Morgan fingerprint density at radius 2 is 1.81 bits per heavy atom. The number of amides is 1. The molecule has 2 heterocycles. The van der Waals surface area contributed by atoms with Crippen LogP contribution in [0, 0.1) is 18.8 Å². The molecule has 32 heavy (non-hydrogen) atoms. The number of benzene rings is 2. The first-order valence-corrected chi connectivity index (χ1v) is 10.9. The first-order chi connectivity index (χ1) is 15.7. The molecule has 0 saturated carbocycles. The Bertz CT molecular complexity index is 1160. The van der Waals surface area contributed by atoms with Gasteiger partial charge < -0.3 is 9.64 Å². The van der Waals surface area contributed by atoms with Gasteiger partial charge in [0, 0.05) is 24.3 Å². The van der Waals surface area contributed by atoms with Gasteiger partial charge in [0.2, 0.25) is 0 Å². The Morgan fingerprint density at radius 3 is 2.59 bits per heavy atom. The first kappa shape index (κ1) is 21.4. The van der Waals surface area contributed by atoms with E-state index in [1.165, 1.54) is 5.57 Å². The molecule has 4 heteroatoms. The van der Waals surface area contributed by atoms with Crippen molar-refractivity contribution in [2.45, 2.75) is 26.4 Å². The van der Waals surface area contributed by atoms with Gasteiger partial charge in [0.05, 0.1) is 0 Å². The van der Waals surface area contributed by atoms with E-state index in [0.717, 1.165) is 29.8 Å². The van der Waals surface area contributed by atoms with Crippen molar-refractivity contribution in [1.82, 2.24) is 9.88 Å². The molecule has 2 aromatic carbocycles. The van der Waals surface area contributed by atoms with Crippen LogP contribution in [0.3, 0.4) is 0 Å². The summed E-state index contributed by atoms with van der Waals surface area (Å²) in [5.74, 6) is 6.96. The second-order valence-electron chi connectivity index (χ2n) is 7.83. The molecular formula is C28H26N2O2. The van der Waals surface area contributed by atoms with Crippen molar-refractivity contribution in [3.8, 4) is 17.6 Å². The van der Waals surface area contributed by atoms with Crippen molar-refractivity contribution in [3.05, 3.63) is 107 Å². The molecule has 160 valence electrons. The summed E-state index contributed by atoms with van der Waals surface area (Å²) in [6.45, 7) is 3.84. The number of pyridine rings is 1. The Labute approximate surface area is 189 Å². The Kier molecular flexibility index (Phi) is 6.99. The molecular weight excluding hydrogens is 396 g/mol. The summed E-state index contributed by atoms with van der Waals surface area (Å²) in [6, 6.07) is 23.3. The fourth-order valence-electron chi connectivity index (χ4n) is 3.61. The smallest absolute Gasteiger partial charge is 0.254 e. The highest BCUT2D eigenvalue weighted by Crippen LogP contribution is 2.21. The van der Waals surface area contributed by atoms with Crippen LogP contribution in [0.15, 0.2) is 84.4 Å². The van der Waals surface area contributed by atoms with Gasteiger partial charge in [0.25, 0.3) is 5.91 Å². The molecule has 1 fully saturated rings. The summed E-state index contributed by atoms with van der Waals surface area (Å²) in [7, 11) is 0. The van der Waals surface area contributed by atoms with Crippen LogP contribution >= 0.6 is 0 Å². The third kappa shape index (κ3) is 5.86. The average Bonchev–Trinajstić information content (AvgIpc) is 2.84. The van der Waals surface area contributed by atoms with E-state index in [9.17, 15) is 4.79 Å². The maximum Gasteiger partial charge on any atom is 0.254 e. The summed E-state index contributed by atoms with van der Waals surface area (Å²) >= 11 is 0. The molecule has 0 unspecified atom stereocenters. The lowest BCUT2D eigenvalue weighted by Gasteiger charge is -2.28. The molecule has 1 aliphatic rings. The Balaban J connectivity index is 1.32. The highest BCUT2D eigenvalue weighted by Gasteiger charge is 2.20. The number of likely N-dealkylation sites (tertiary alicyclic amines) is 1. The molecule has 1 amide bonds. The number of allylic oxidation sites excluding steroid dienone is 1. The van der Waals surface area contributed by atoms with Crippen LogP contribution in [-0.4, -0.2) is 28.9 Å². The van der Waals surface area contributed by atoms with E-state index >= 15 is 0 Å². The normalized spacial score (nSPS) is 13.2. The fourth-order valence-corrected chi connectivity index (χ4v) is 3.61. The van der Waals surface area contributed by atoms with E-state index in [4.69, 9.17) is 4.74 Å². The Hall–Kier alpha value is -3.84. The number of hydrogen-bond donors (Lipinski definition) is 0. The highest BCUT2D eigenvalue weighted by atomic mass is 16.5. The van der Waals surface area contributed by atoms with Crippen molar-refractivity contribution in [1.29, 1.82) is 0 Å². The highest BCUT2D eigenvalue weighted by molar-refractivity contribution is 5.94. The van der Waals surface area contributed by atoms with Gasteiger partial charge in [-0.05, 0) is 67.7 Å². The minimum absolute atomic E-state index is 0.0456. The van der Waals surface area contributed by atoms with Gasteiger partial charge in [-0.25, -0.2) is 4.98 Å². The molecule has 0 atom stereocenters. The maximum absolute atomic E-state index is 13.0. The van der Waals surface area contributed by atoms with Gasteiger partial charge in [-0.2, -0.15) is 0 Å². The van der Waals surface area contributed by atoms with Crippen LogP contribution in [-0.2, 0) is 6.61 Å². The second-order valence-corrected chi connectivity index (χ2v) is 7.83. The number of hydrogen-bond acceptors (Lipinski definition) is 3. The zero-order chi connectivity index (χ0) is 22.2. The number of rotatable bonds is 4. The van der Waals surface area contributed by atoms with Crippen LogP contribution in [0.5, 0.6) is 5.75 Å². The zero-order valence-corrected chi connectivity index (χ0v) is 18.3. The first-order valence-electron chi connectivity index (χ1n) is 10.9. The van der Waals surface area contributed by atoms with Gasteiger partial charge in [-0.3, -0.25) is 4.79 Å². The minimum atomic E-state index is 0.0456. The lowest BCUT2D eigenvalue weighted by molar-refractivity contribution is 0.0743. The quantitative estimate of drug-likeness (QED) is 0.544. The largest absolute Gasteiger partial charge is 0.489 e. The summed E-state index contributed by atoms with van der Waals surface area (Å²) < 4.78 is 5.88. The molecule has 0 bridgehead atoms. The van der Waals surface area contributed by atoms with Gasteiger partial charge >= 0.3 is 0 Å². The number of carbonyl (C=O) groups excluding carboxylic acids is 1. The third-order valence-electron chi connectivity index (χ3n) is 5.39. The van der Waals surface area contributed by atoms with Crippen LogP contribution in [0.25, 0.3) is 0 Å². The molecule has 1 saturated heterocycles. The van der Waals surface area contributed by atoms with Crippen LogP contribution < -0.4 is 4.74 Å². The monoisotopic (exact) mass is 422 g/mol. The van der Waals surface area contributed by atoms with Crippen LogP contribution in [0.2, 0.25) is 0 Å². The standard InChI is InChI=1S/C28H26N2O2/c1-22-8-5-13-26(29-22)14-6-11-23-16-18-30(19-17-23)28(31)25-12-7-15-27(20-25)32-21-24-9-3-2-4-10-24/h2-5,7-13,15,20H,16-19,21H2,1H3. The van der Waals surface area contributed by atoms with E-state index in [0.29, 0.717) is 31.0 Å². The lowest BCUT2D eigenvalue weighted by atomic mass is 10.0. The van der Waals surface area contributed by atoms with E-state index < -0.39 is 0 Å². The molecule has 4 rings (SSSR count). The predicted molar refractivity (Wildman–Crippen MR) is 126 cm³/mol. The second kappa shape index (κ2) is 10.5. The summed E-state index contributed by atoms with van der Waals surface area (Å²) in [6.07, 6.45) is 3.65. The number of piperidine rings is 1. The van der Waals surface area contributed by atoms with Crippen molar-refractivity contribution in [2.75, 3.05) is 13.1 Å². The zero-order valence-electron chi connectivity index (χ0n) is 18.3. The minimum Gasteiger partial charge on any atom is -0.489 e. The summed E-state index contributed by atoms with van der Waals surface area (Å²) in [5, 5.41) is 0. The van der Waals surface area contributed by atoms with E-state index in [1.807, 2.05) is 90.7 Å². The SMILES string of the molecule is Cc1cccc(C#CC=C2CCN(C(=O)c3cccc(OCc4ccccc4)c3)CC2)n1.